The minimum atomic E-state index is -0.105. The van der Waals surface area contributed by atoms with E-state index >= 15 is 0 Å². The van der Waals surface area contributed by atoms with E-state index in [9.17, 15) is 4.79 Å². The van der Waals surface area contributed by atoms with Crippen molar-refractivity contribution in [1.29, 1.82) is 0 Å². The average Bonchev–Trinajstić information content (AvgIpc) is 2.38. The molecule has 1 atom stereocenters. The van der Waals surface area contributed by atoms with E-state index in [0.717, 1.165) is 31.5 Å². The third kappa shape index (κ3) is 3.10. The molecule has 0 bridgehead atoms. The van der Waals surface area contributed by atoms with Crippen LogP contribution < -0.4 is 10.2 Å². The summed E-state index contributed by atoms with van der Waals surface area (Å²) >= 11 is 5.93. The number of anilines is 1. The summed E-state index contributed by atoms with van der Waals surface area (Å²) in [7, 11) is 1.95. The van der Waals surface area contributed by atoms with Crippen molar-refractivity contribution in [2.75, 3.05) is 18.5 Å². The Bertz CT molecular complexity index is 446. The fourth-order valence-corrected chi connectivity index (χ4v) is 2.95. The third-order valence-corrected chi connectivity index (χ3v) is 4.15. The number of nitrogens with zero attached hydrogens (tertiary/aromatic N) is 1. The summed E-state index contributed by atoms with van der Waals surface area (Å²) < 4.78 is 0. The molecule has 1 aromatic rings. The maximum absolute atomic E-state index is 12.3. The normalized spacial score (nSPS) is 23.7. The highest BCUT2D eigenvalue weighted by atomic mass is 35.5. The second-order valence-corrected chi connectivity index (χ2v) is 5.85. The highest BCUT2D eigenvalue weighted by molar-refractivity contribution is 6.30. The lowest BCUT2D eigenvalue weighted by molar-refractivity contribution is -0.121. The van der Waals surface area contributed by atoms with E-state index in [4.69, 9.17) is 11.6 Å². The first-order valence-corrected chi connectivity index (χ1v) is 7.18. The number of hydrogen-bond donors (Lipinski definition) is 1. The van der Waals surface area contributed by atoms with Gasteiger partial charge in [0.25, 0.3) is 0 Å². The largest absolute Gasteiger partial charge is 0.320 e. The van der Waals surface area contributed by atoms with Crippen LogP contribution in [0.15, 0.2) is 24.3 Å². The van der Waals surface area contributed by atoms with Crippen molar-refractivity contribution >= 4 is 23.2 Å². The van der Waals surface area contributed by atoms with Crippen LogP contribution >= 0.6 is 11.6 Å². The van der Waals surface area contributed by atoms with Crippen molar-refractivity contribution in [3.63, 3.8) is 0 Å². The zero-order valence-electron chi connectivity index (χ0n) is 11.6. The topological polar surface area (TPSA) is 32.3 Å². The molecule has 1 aliphatic heterocycles. The van der Waals surface area contributed by atoms with Gasteiger partial charge < -0.3 is 10.2 Å². The van der Waals surface area contributed by atoms with Crippen LogP contribution in [0.2, 0.25) is 5.02 Å². The van der Waals surface area contributed by atoms with Crippen LogP contribution in [0.4, 0.5) is 5.69 Å². The van der Waals surface area contributed by atoms with Gasteiger partial charge in [-0.2, -0.15) is 0 Å². The lowest BCUT2D eigenvalue weighted by Crippen LogP contribution is -2.54. The zero-order chi connectivity index (χ0) is 13.9. The molecule has 0 saturated carbocycles. The second-order valence-electron chi connectivity index (χ2n) is 5.41. The Morgan fingerprint density at radius 1 is 1.37 bits per heavy atom. The number of rotatable bonds is 4. The van der Waals surface area contributed by atoms with E-state index in [1.165, 1.54) is 0 Å². The van der Waals surface area contributed by atoms with Gasteiger partial charge in [-0.3, -0.25) is 4.79 Å². The van der Waals surface area contributed by atoms with Crippen molar-refractivity contribution in [1.82, 2.24) is 5.32 Å². The summed E-state index contributed by atoms with van der Waals surface area (Å²) in [6, 6.07) is 7.56. The van der Waals surface area contributed by atoms with Gasteiger partial charge in [0.15, 0.2) is 0 Å². The molecule has 4 heteroatoms. The zero-order valence-corrected chi connectivity index (χ0v) is 12.3. The Balaban J connectivity index is 2.30. The second kappa shape index (κ2) is 5.93. The van der Waals surface area contributed by atoms with E-state index in [2.05, 4.69) is 12.2 Å². The summed E-state index contributed by atoms with van der Waals surface area (Å²) in [6.45, 7) is 3.09. The molecule has 1 unspecified atom stereocenters. The number of amides is 1. The Kier molecular flexibility index (Phi) is 4.48. The molecule has 1 aromatic carbocycles. The van der Waals surface area contributed by atoms with E-state index in [0.29, 0.717) is 11.4 Å². The number of nitrogens with one attached hydrogen (secondary N) is 1. The molecular formula is C15H21ClN2O. The number of benzene rings is 1. The highest BCUT2D eigenvalue weighted by Gasteiger charge is 2.38. The van der Waals surface area contributed by atoms with E-state index < -0.39 is 0 Å². The van der Waals surface area contributed by atoms with Gasteiger partial charge in [0.2, 0.25) is 5.91 Å². The Labute approximate surface area is 119 Å². The molecule has 19 heavy (non-hydrogen) atoms. The van der Waals surface area contributed by atoms with Gasteiger partial charge in [-0.25, -0.2) is 0 Å². The van der Waals surface area contributed by atoms with Crippen molar-refractivity contribution < 1.29 is 4.79 Å². The van der Waals surface area contributed by atoms with Gasteiger partial charge in [-0.15, -0.1) is 0 Å². The van der Waals surface area contributed by atoms with Gasteiger partial charge >= 0.3 is 0 Å². The molecule has 3 nitrogen and oxygen atoms in total. The minimum absolute atomic E-state index is 0.105. The molecule has 0 aromatic heterocycles. The lowest BCUT2D eigenvalue weighted by Gasteiger charge is -2.45. The molecule has 2 rings (SSSR count). The third-order valence-electron chi connectivity index (χ3n) is 3.89. The molecule has 1 amide bonds. The molecule has 1 aliphatic rings. The van der Waals surface area contributed by atoms with E-state index in [1.807, 2.05) is 36.2 Å². The number of piperidine rings is 1. The van der Waals surface area contributed by atoms with Crippen LogP contribution in [-0.2, 0) is 4.79 Å². The molecule has 0 radical (unpaired) electrons. The van der Waals surface area contributed by atoms with Crippen molar-refractivity contribution in [3.05, 3.63) is 29.3 Å². The van der Waals surface area contributed by atoms with Crippen LogP contribution in [0.3, 0.4) is 0 Å². The van der Waals surface area contributed by atoms with E-state index in [1.54, 1.807) is 0 Å². The van der Waals surface area contributed by atoms with Gasteiger partial charge in [0, 0.05) is 22.7 Å². The summed E-state index contributed by atoms with van der Waals surface area (Å²) in [5.74, 6) is 0.215. The summed E-state index contributed by atoms with van der Waals surface area (Å²) in [6.07, 6.45) is 3.61. The van der Waals surface area contributed by atoms with Gasteiger partial charge in [0.1, 0.15) is 0 Å². The maximum Gasteiger partial charge on any atom is 0.227 e. The molecule has 1 heterocycles. The molecule has 1 fully saturated rings. The fourth-order valence-electron chi connectivity index (χ4n) is 2.82. The summed E-state index contributed by atoms with van der Waals surface area (Å²) in [5, 5.41) is 3.88. The van der Waals surface area contributed by atoms with Gasteiger partial charge in [-0.1, -0.05) is 11.6 Å². The van der Waals surface area contributed by atoms with E-state index in [-0.39, 0.29) is 11.4 Å². The minimum Gasteiger partial charge on any atom is -0.320 e. The number of halogens is 1. The first-order chi connectivity index (χ1) is 9.07. The molecule has 1 N–H and O–H groups in total. The monoisotopic (exact) mass is 280 g/mol. The first kappa shape index (κ1) is 14.4. The van der Waals surface area contributed by atoms with Crippen molar-refractivity contribution in [2.24, 2.45) is 0 Å². The van der Waals surface area contributed by atoms with Crippen LogP contribution in [0.25, 0.3) is 0 Å². The number of carbonyl (C=O) groups is 1. The number of hydrogen-bond acceptors (Lipinski definition) is 2. The Hall–Kier alpha value is -1.06. The molecule has 0 spiro atoms. The van der Waals surface area contributed by atoms with Crippen LogP contribution in [-0.4, -0.2) is 25.0 Å². The quantitative estimate of drug-likeness (QED) is 0.918. The highest BCUT2D eigenvalue weighted by Crippen LogP contribution is 2.36. The lowest BCUT2D eigenvalue weighted by atomic mass is 9.84. The Morgan fingerprint density at radius 3 is 2.68 bits per heavy atom. The molecule has 0 aliphatic carbocycles. The standard InChI is InChI=1S/C15H21ClN2O/c1-15(10-11-17-2)9-3-4-14(19)18(15)13-7-5-12(16)6-8-13/h5-8,17H,3-4,9-11H2,1-2H3. The van der Waals surface area contributed by atoms with Crippen LogP contribution in [0.5, 0.6) is 0 Å². The predicted molar refractivity (Wildman–Crippen MR) is 79.7 cm³/mol. The van der Waals surface area contributed by atoms with Crippen LogP contribution in [0, 0.1) is 0 Å². The maximum atomic E-state index is 12.3. The molecule has 104 valence electrons. The average molecular weight is 281 g/mol. The Morgan fingerprint density at radius 2 is 2.05 bits per heavy atom. The van der Waals surface area contributed by atoms with Crippen LogP contribution in [0.1, 0.15) is 32.6 Å². The molecular weight excluding hydrogens is 260 g/mol. The van der Waals surface area contributed by atoms with Crippen molar-refractivity contribution in [2.45, 2.75) is 38.1 Å². The summed E-state index contributed by atoms with van der Waals surface area (Å²) in [5.41, 5.74) is 0.847. The predicted octanol–water partition coefficient (Wildman–Crippen LogP) is 3.23. The number of carbonyl (C=O) groups excluding carboxylic acids is 1. The van der Waals surface area contributed by atoms with Gasteiger partial charge in [0.05, 0.1) is 0 Å². The first-order valence-electron chi connectivity index (χ1n) is 6.80. The SMILES string of the molecule is CNCCC1(C)CCCC(=O)N1c1ccc(Cl)cc1. The molecule has 1 saturated heterocycles. The summed E-state index contributed by atoms with van der Waals surface area (Å²) in [4.78, 5) is 14.3. The fraction of sp³-hybridized carbons (Fsp3) is 0.533. The van der Waals surface area contributed by atoms with Gasteiger partial charge in [-0.05, 0) is 64.0 Å². The van der Waals surface area contributed by atoms with Crippen molar-refractivity contribution in [3.8, 4) is 0 Å². The smallest absolute Gasteiger partial charge is 0.227 e.